The summed E-state index contributed by atoms with van der Waals surface area (Å²) in [5.41, 5.74) is 4.07. The van der Waals surface area contributed by atoms with Crippen molar-refractivity contribution < 1.29 is 9.59 Å². The molecule has 0 fully saturated rings. The van der Waals surface area contributed by atoms with Crippen LogP contribution in [0, 0.1) is 18.3 Å². The second-order valence-electron chi connectivity index (χ2n) is 6.47. The first-order chi connectivity index (χ1) is 12.1. The number of rotatable bonds is 6. The van der Waals surface area contributed by atoms with Gasteiger partial charge in [0.1, 0.15) is 5.01 Å². The quantitative estimate of drug-likeness (QED) is 0.732. The van der Waals surface area contributed by atoms with Gasteiger partial charge >= 0.3 is 0 Å². The molecular formula is C20H20N2O2S. The summed E-state index contributed by atoms with van der Waals surface area (Å²) in [5, 5.41) is 11.6. The molecule has 1 heterocycles. The van der Waals surface area contributed by atoms with Crippen LogP contribution in [0.25, 0.3) is 0 Å². The van der Waals surface area contributed by atoms with Crippen molar-refractivity contribution in [2.45, 2.75) is 51.4 Å². The Morgan fingerprint density at radius 3 is 2.68 bits per heavy atom. The molecule has 0 radical (unpaired) electrons. The van der Waals surface area contributed by atoms with Crippen molar-refractivity contribution in [1.29, 1.82) is 5.26 Å². The Bertz CT molecular complexity index is 848. The normalized spacial score (nSPS) is 14.4. The van der Waals surface area contributed by atoms with Crippen LogP contribution in [0.4, 0.5) is 0 Å². The molecule has 1 atom stereocenters. The van der Waals surface area contributed by atoms with Gasteiger partial charge in [-0.05, 0) is 49.8 Å². The third-order valence-electron chi connectivity index (χ3n) is 4.60. The average Bonchev–Trinajstić information content (AvgIpc) is 3.05. The number of hydrogen-bond donors (Lipinski definition) is 0. The molecule has 3 rings (SSSR count). The van der Waals surface area contributed by atoms with E-state index in [1.807, 2.05) is 36.6 Å². The molecule has 4 nitrogen and oxygen atoms in total. The number of Topliss-reactive ketones (excluding diaryl/α,β-unsaturated/α-hetero) is 2. The Hall–Kier alpha value is -2.32. The van der Waals surface area contributed by atoms with Crippen molar-refractivity contribution in [3.63, 3.8) is 0 Å². The van der Waals surface area contributed by atoms with Gasteiger partial charge in [-0.15, -0.1) is 11.3 Å². The van der Waals surface area contributed by atoms with E-state index in [9.17, 15) is 14.9 Å². The van der Waals surface area contributed by atoms with Gasteiger partial charge in [0.25, 0.3) is 0 Å². The van der Waals surface area contributed by atoms with E-state index in [-0.39, 0.29) is 24.4 Å². The van der Waals surface area contributed by atoms with Crippen molar-refractivity contribution in [2.24, 2.45) is 0 Å². The zero-order valence-corrected chi connectivity index (χ0v) is 15.1. The number of carbonyl (C=O) groups is 2. The van der Waals surface area contributed by atoms with Crippen LogP contribution < -0.4 is 0 Å². The summed E-state index contributed by atoms with van der Waals surface area (Å²) in [7, 11) is 0. The van der Waals surface area contributed by atoms with Crippen molar-refractivity contribution in [3.05, 3.63) is 51.0 Å². The number of benzene rings is 1. The van der Waals surface area contributed by atoms with Crippen LogP contribution in [-0.4, -0.2) is 16.6 Å². The number of fused-ring (bicyclic) bond motifs is 1. The molecule has 1 aromatic carbocycles. The summed E-state index contributed by atoms with van der Waals surface area (Å²) in [4.78, 5) is 29.0. The molecule has 0 spiro atoms. The fourth-order valence-electron chi connectivity index (χ4n) is 3.20. The number of aromatic nitrogens is 1. The van der Waals surface area contributed by atoms with E-state index in [0.717, 1.165) is 18.5 Å². The minimum Gasteiger partial charge on any atom is -0.298 e. The van der Waals surface area contributed by atoms with Gasteiger partial charge in [0.2, 0.25) is 0 Å². The predicted octanol–water partition coefficient (Wildman–Crippen LogP) is 4.17. The minimum atomic E-state index is -0.866. The molecule has 0 saturated heterocycles. The molecular weight excluding hydrogens is 332 g/mol. The van der Waals surface area contributed by atoms with Gasteiger partial charge in [0, 0.05) is 29.5 Å². The number of carbonyl (C=O) groups excluding carboxylic acids is 2. The molecule has 0 amide bonds. The second kappa shape index (κ2) is 7.71. The maximum Gasteiger partial charge on any atom is 0.163 e. The maximum atomic E-state index is 12.4. The third kappa shape index (κ3) is 4.02. The summed E-state index contributed by atoms with van der Waals surface area (Å²) in [5.74, 6) is -1.13. The lowest BCUT2D eigenvalue weighted by Gasteiger charge is -2.16. The maximum absolute atomic E-state index is 12.4. The number of thiazole rings is 1. The first kappa shape index (κ1) is 17.5. The lowest BCUT2D eigenvalue weighted by Crippen LogP contribution is -2.13. The van der Waals surface area contributed by atoms with Gasteiger partial charge in [-0.3, -0.25) is 9.59 Å². The van der Waals surface area contributed by atoms with Crippen LogP contribution in [0.2, 0.25) is 0 Å². The number of nitriles is 1. The van der Waals surface area contributed by atoms with Crippen molar-refractivity contribution in [2.75, 3.05) is 0 Å². The van der Waals surface area contributed by atoms with Gasteiger partial charge in [-0.1, -0.05) is 12.1 Å². The van der Waals surface area contributed by atoms with Crippen LogP contribution in [0.1, 0.15) is 63.8 Å². The molecule has 0 unspecified atom stereocenters. The highest BCUT2D eigenvalue weighted by atomic mass is 32.1. The predicted molar refractivity (Wildman–Crippen MR) is 96.9 cm³/mol. The highest BCUT2D eigenvalue weighted by Crippen LogP contribution is 2.25. The van der Waals surface area contributed by atoms with E-state index in [4.69, 9.17) is 0 Å². The van der Waals surface area contributed by atoms with E-state index in [1.165, 1.54) is 35.3 Å². The largest absolute Gasteiger partial charge is 0.298 e. The van der Waals surface area contributed by atoms with Crippen LogP contribution in [-0.2, 0) is 17.6 Å². The summed E-state index contributed by atoms with van der Waals surface area (Å²) < 4.78 is 0. The van der Waals surface area contributed by atoms with Gasteiger partial charge in [-0.2, -0.15) is 5.26 Å². The zero-order valence-electron chi connectivity index (χ0n) is 14.2. The molecule has 0 N–H and O–H groups in total. The topological polar surface area (TPSA) is 70.8 Å². The fourth-order valence-corrected chi connectivity index (χ4v) is 4.06. The number of nitrogens with zero attached hydrogens (tertiary/aromatic N) is 2. The average molecular weight is 352 g/mol. The van der Waals surface area contributed by atoms with Crippen LogP contribution in [0.5, 0.6) is 0 Å². The van der Waals surface area contributed by atoms with E-state index in [0.29, 0.717) is 10.6 Å². The molecule has 2 aromatic rings. The fraction of sp³-hybridized carbons (Fsp3) is 0.400. The summed E-state index contributed by atoms with van der Waals surface area (Å²) in [6.45, 7) is 1.83. The highest BCUT2D eigenvalue weighted by Gasteiger charge is 2.24. The molecule has 128 valence electrons. The zero-order chi connectivity index (χ0) is 17.8. The molecule has 0 aliphatic heterocycles. The minimum absolute atomic E-state index is 0.0336. The molecule has 1 aromatic heterocycles. The van der Waals surface area contributed by atoms with Crippen molar-refractivity contribution in [3.8, 4) is 6.07 Å². The van der Waals surface area contributed by atoms with E-state index in [1.54, 1.807) is 0 Å². The molecule has 0 bridgehead atoms. The number of hydrogen-bond acceptors (Lipinski definition) is 5. The first-order valence-electron chi connectivity index (χ1n) is 8.58. The molecule has 0 saturated carbocycles. The summed E-state index contributed by atoms with van der Waals surface area (Å²) in [6.07, 6.45) is 4.70. The molecule has 25 heavy (non-hydrogen) atoms. The second-order valence-corrected chi connectivity index (χ2v) is 7.36. The van der Waals surface area contributed by atoms with Gasteiger partial charge in [0.15, 0.2) is 17.5 Å². The van der Waals surface area contributed by atoms with E-state index in [2.05, 4.69) is 4.98 Å². The van der Waals surface area contributed by atoms with E-state index < -0.39 is 5.92 Å². The summed E-state index contributed by atoms with van der Waals surface area (Å²) >= 11 is 1.32. The molecule has 5 heteroatoms. The highest BCUT2D eigenvalue weighted by molar-refractivity contribution is 7.09. The summed E-state index contributed by atoms with van der Waals surface area (Å²) in [6, 6.07) is 7.91. The van der Waals surface area contributed by atoms with Crippen molar-refractivity contribution >= 4 is 22.9 Å². The van der Waals surface area contributed by atoms with Crippen LogP contribution in [0.15, 0.2) is 23.6 Å². The monoisotopic (exact) mass is 352 g/mol. The van der Waals surface area contributed by atoms with Crippen molar-refractivity contribution in [1.82, 2.24) is 4.98 Å². The molecule has 1 aliphatic rings. The lowest BCUT2D eigenvalue weighted by molar-refractivity contribution is -0.119. The third-order valence-corrected chi connectivity index (χ3v) is 5.63. The van der Waals surface area contributed by atoms with Gasteiger partial charge < -0.3 is 0 Å². The number of ketones is 2. The van der Waals surface area contributed by atoms with E-state index >= 15 is 0 Å². The smallest absolute Gasteiger partial charge is 0.163 e. The van der Waals surface area contributed by atoms with Crippen LogP contribution in [0.3, 0.4) is 0 Å². The SMILES string of the molecule is Cc1csc([C@@H](C#N)C(=O)CCC(=O)c2ccc3c(c2)CCCC3)n1. The first-order valence-corrected chi connectivity index (χ1v) is 9.46. The Labute approximate surface area is 151 Å². The molecule has 1 aliphatic carbocycles. The standard InChI is InChI=1S/C20H20N2O2S/c1-13-12-25-20(22-13)17(11-21)19(24)9-8-18(23)16-7-6-14-4-2-3-5-15(14)10-16/h6-7,10,12,17H,2-5,8-9H2,1H3/t17-/m0/s1. The van der Waals surface area contributed by atoms with Gasteiger partial charge in [0.05, 0.1) is 6.07 Å². The lowest BCUT2D eigenvalue weighted by atomic mass is 9.89. The Morgan fingerprint density at radius 1 is 1.24 bits per heavy atom. The van der Waals surface area contributed by atoms with Crippen LogP contribution >= 0.6 is 11.3 Å². The Balaban J connectivity index is 1.63. The Kier molecular flexibility index (Phi) is 5.40. The Morgan fingerprint density at radius 2 is 2.00 bits per heavy atom. The van der Waals surface area contributed by atoms with Gasteiger partial charge in [-0.25, -0.2) is 4.98 Å². The number of aryl methyl sites for hydroxylation is 3.